The first-order valence-electron chi connectivity index (χ1n) is 11.6. The summed E-state index contributed by atoms with van der Waals surface area (Å²) in [6.45, 7) is 6.00. The Bertz CT molecular complexity index is 969. The van der Waals surface area contributed by atoms with Crippen LogP contribution in [0.15, 0.2) is 29.4 Å². The van der Waals surface area contributed by atoms with E-state index in [1.165, 1.54) is 31.0 Å². The molecule has 2 atom stereocenters. The van der Waals surface area contributed by atoms with Crippen molar-refractivity contribution in [3.05, 3.63) is 30.1 Å². The fourth-order valence-corrected chi connectivity index (χ4v) is 4.82. The van der Waals surface area contributed by atoms with Crippen LogP contribution in [0.4, 0.5) is 4.79 Å². The van der Waals surface area contributed by atoms with Crippen molar-refractivity contribution in [3.8, 4) is 11.4 Å². The highest BCUT2D eigenvalue weighted by molar-refractivity contribution is 8.00. The van der Waals surface area contributed by atoms with Gasteiger partial charge >= 0.3 is 6.03 Å². The molecule has 4 rings (SSSR count). The third-order valence-electron chi connectivity index (χ3n) is 6.10. The van der Waals surface area contributed by atoms with E-state index in [0.717, 1.165) is 43.2 Å². The number of piperidine rings is 1. The second-order valence-corrected chi connectivity index (χ2v) is 9.95. The highest BCUT2D eigenvalue weighted by atomic mass is 32.2. The first kappa shape index (κ1) is 23.6. The van der Waals surface area contributed by atoms with Gasteiger partial charge in [-0.2, -0.15) is 0 Å². The highest BCUT2D eigenvalue weighted by Gasteiger charge is 2.29. The molecule has 0 bridgehead atoms. The lowest BCUT2D eigenvalue weighted by atomic mass is 10.1. The summed E-state index contributed by atoms with van der Waals surface area (Å²) in [5.74, 6) is 1.25. The zero-order valence-corrected chi connectivity index (χ0v) is 20.2. The number of nitrogens with zero attached hydrogens (tertiary/aromatic N) is 4. The number of benzene rings is 1. The maximum Gasteiger partial charge on any atom is 0.321 e. The van der Waals surface area contributed by atoms with Crippen LogP contribution < -0.4 is 15.4 Å². The molecule has 1 saturated heterocycles. The molecular formula is C23H32N6O3S. The molecule has 9 nitrogen and oxygen atoms in total. The molecule has 0 radical (unpaired) electrons. The van der Waals surface area contributed by atoms with Crippen LogP contribution in [0.5, 0.6) is 5.75 Å². The molecule has 0 spiro atoms. The summed E-state index contributed by atoms with van der Waals surface area (Å²) >= 11 is 1.29. The van der Waals surface area contributed by atoms with Crippen LogP contribution in [0.1, 0.15) is 57.8 Å². The number of carbonyl (C=O) groups excluding carboxylic acids is 2. The number of thioether (sulfide) groups is 1. The van der Waals surface area contributed by atoms with Gasteiger partial charge in [-0.25, -0.2) is 4.79 Å². The van der Waals surface area contributed by atoms with Gasteiger partial charge in [-0.3, -0.25) is 19.6 Å². The van der Waals surface area contributed by atoms with E-state index in [9.17, 15) is 9.59 Å². The Morgan fingerprint density at radius 2 is 1.79 bits per heavy atom. The zero-order valence-electron chi connectivity index (χ0n) is 19.4. The van der Waals surface area contributed by atoms with Crippen LogP contribution >= 0.6 is 11.8 Å². The maximum absolute atomic E-state index is 12.6. The van der Waals surface area contributed by atoms with Crippen LogP contribution in [0, 0.1) is 0 Å². The third kappa shape index (κ3) is 5.86. The van der Waals surface area contributed by atoms with Gasteiger partial charge in [0.1, 0.15) is 5.75 Å². The topological polar surface area (TPSA) is 101 Å². The number of urea groups is 1. The largest absolute Gasteiger partial charge is 0.497 e. The SMILES string of the molecule is COc1ccc(-n2c(S[C@@H](C)C(=O)NC(=O)NC3CC3)nnc2[C@H](C)N2CCCCC2)cc1. The van der Waals surface area contributed by atoms with Crippen LogP contribution in [0.25, 0.3) is 5.69 Å². The lowest BCUT2D eigenvalue weighted by Crippen LogP contribution is -2.43. The van der Waals surface area contributed by atoms with Crippen molar-refractivity contribution in [2.24, 2.45) is 0 Å². The highest BCUT2D eigenvalue weighted by Crippen LogP contribution is 2.31. The Kier molecular flexibility index (Phi) is 7.54. The Hall–Kier alpha value is -2.59. The molecule has 2 heterocycles. The van der Waals surface area contributed by atoms with E-state index in [1.807, 2.05) is 28.8 Å². The lowest BCUT2D eigenvalue weighted by Gasteiger charge is -2.32. The van der Waals surface area contributed by atoms with Crippen molar-refractivity contribution in [2.75, 3.05) is 20.2 Å². The summed E-state index contributed by atoms with van der Waals surface area (Å²) in [5, 5.41) is 14.3. The van der Waals surface area contributed by atoms with Gasteiger partial charge in [0.25, 0.3) is 0 Å². The van der Waals surface area contributed by atoms with E-state index < -0.39 is 11.3 Å². The lowest BCUT2D eigenvalue weighted by molar-refractivity contribution is -0.119. The van der Waals surface area contributed by atoms with Gasteiger partial charge in [-0.1, -0.05) is 18.2 Å². The van der Waals surface area contributed by atoms with Crippen molar-refractivity contribution in [2.45, 2.75) is 68.4 Å². The Morgan fingerprint density at radius 3 is 2.42 bits per heavy atom. The standard InChI is InChI=1S/C23H32N6O3S/c1-15(28-13-5-4-6-14-28)20-26-27-23(29(20)18-9-11-19(32-3)12-10-18)33-16(2)21(30)25-22(31)24-17-7-8-17/h9-12,15-17H,4-8,13-14H2,1-3H3,(H2,24,25,30,31)/t15-,16-/m0/s1. The average Bonchev–Trinajstić information content (AvgIpc) is 3.55. The number of amides is 3. The molecule has 1 aromatic heterocycles. The van der Waals surface area contributed by atoms with Crippen LogP contribution in [-0.4, -0.2) is 63.1 Å². The second-order valence-electron chi connectivity index (χ2n) is 8.64. The van der Waals surface area contributed by atoms with Crippen molar-refractivity contribution < 1.29 is 14.3 Å². The van der Waals surface area contributed by atoms with Crippen molar-refractivity contribution >= 4 is 23.7 Å². The van der Waals surface area contributed by atoms with E-state index in [0.29, 0.717) is 5.16 Å². The average molecular weight is 473 g/mol. The van der Waals surface area contributed by atoms with Gasteiger partial charge in [0.15, 0.2) is 11.0 Å². The molecule has 178 valence electrons. The summed E-state index contributed by atoms with van der Waals surface area (Å²) < 4.78 is 7.32. The quantitative estimate of drug-likeness (QED) is 0.569. The van der Waals surface area contributed by atoms with Gasteiger partial charge in [0.05, 0.1) is 18.4 Å². The normalized spacial score (nSPS) is 18.4. The summed E-state index contributed by atoms with van der Waals surface area (Å²) in [7, 11) is 1.64. The van der Waals surface area contributed by atoms with E-state index in [1.54, 1.807) is 14.0 Å². The molecule has 2 fully saturated rings. The molecule has 1 aromatic carbocycles. The Labute approximate surface area is 198 Å². The maximum atomic E-state index is 12.6. The number of ether oxygens (including phenoxy) is 1. The molecule has 1 saturated carbocycles. The Balaban J connectivity index is 1.56. The molecule has 1 aliphatic carbocycles. The minimum absolute atomic E-state index is 0.0858. The van der Waals surface area contributed by atoms with Gasteiger partial charge in [0, 0.05) is 11.7 Å². The number of hydrogen-bond acceptors (Lipinski definition) is 7. The second kappa shape index (κ2) is 10.6. The molecule has 0 unspecified atom stereocenters. The predicted octanol–water partition coefficient (Wildman–Crippen LogP) is 3.29. The molecule has 2 aromatic rings. The van der Waals surface area contributed by atoms with Gasteiger partial charge in [0.2, 0.25) is 5.91 Å². The first-order chi connectivity index (χ1) is 16.0. The molecule has 1 aliphatic heterocycles. The third-order valence-corrected chi connectivity index (χ3v) is 7.14. The van der Waals surface area contributed by atoms with E-state index in [2.05, 4.69) is 32.7 Å². The van der Waals surface area contributed by atoms with Crippen LogP contribution in [-0.2, 0) is 4.79 Å². The number of methoxy groups -OCH3 is 1. The van der Waals surface area contributed by atoms with E-state index in [-0.39, 0.29) is 18.0 Å². The number of hydrogen-bond donors (Lipinski definition) is 2. The molecule has 33 heavy (non-hydrogen) atoms. The molecule has 10 heteroatoms. The summed E-state index contributed by atoms with van der Waals surface area (Å²) in [5.41, 5.74) is 0.904. The number of aromatic nitrogens is 3. The van der Waals surface area contributed by atoms with Gasteiger partial charge in [-0.15, -0.1) is 10.2 Å². The minimum Gasteiger partial charge on any atom is -0.497 e. The zero-order chi connectivity index (χ0) is 23.4. The summed E-state index contributed by atoms with van der Waals surface area (Å²) in [6, 6.07) is 7.57. The van der Waals surface area contributed by atoms with Crippen molar-refractivity contribution in [1.82, 2.24) is 30.3 Å². The summed E-state index contributed by atoms with van der Waals surface area (Å²) in [6.07, 6.45) is 5.56. The molecule has 3 amide bonds. The smallest absolute Gasteiger partial charge is 0.321 e. The number of rotatable bonds is 8. The van der Waals surface area contributed by atoms with Crippen molar-refractivity contribution in [1.29, 1.82) is 0 Å². The van der Waals surface area contributed by atoms with Crippen LogP contribution in [0.2, 0.25) is 0 Å². The minimum atomic E-state index is -0.519. The summed E-state index contributed by atoms with van der Waals surface area (Å²) in [4.78, 5) is 27.0. The van der Waals surface area contributed by atoms with Crippen molar-refractivity contribution in [3.63, 3.8) is 0 Å². The molecule has 2 N–H and O–H groups in total. The van der Waals surface area contributed by atoms with E-state index >= 15 is 0 Å². The Morgan fingerprint density at radius 1 is 1.09 bits per heavy atom. The molecule has 2 aliphatic rings. The van der Waals surface area contributed by atoms with Gasteiger partial charge < -0.3 is 10.1 Å². The van der Waals surface area contributed by atoms with E-state index in [4.69, 9.17) is 4.74 Å². The monoisotopic (exact) mass is 472 g/mol. The fourth-order valence-electron chi connectivity index (χ4n) is 3.95. The number of nitrogens with one attached hydrogen (secondary N) is 2. The number of carbonyl (C=O) groups is 2. The van der Waals surface area contributed by atoms with Crippen LogP contribution in [0.3, 0.4) is 0 Å². The fraction of sp³-hybridized carbons (Fsp3) is 0.565. The predicted molar refractivity (Wildman–Crippen MR) is 127 cm³/mol. The van der Waals surface area contributed by atoms with Gasteiger partial charge in [-0.05, 0) is 76.9 Å². The number of imide groups is 1. The molecular weight excluding hydrogens is 440 g/mol. The first-order valence-corrected chi connectivity index (χ1v) is 12.5. The number of likely N-dealkylation sites (tertiary alicyclic amines) is 1.